The van der Waals surface area contributed by atoms with Crippen LogP contribution >= 0.6 is 11.3 Å². The summed E-state index contributed by atoms with van der Waals surface area (Å²) in [5.74, 6) is 0.725. The highest BCUT2D eigenvalue weighted by Crippen LogP contribution is 2.40. The Hall–Kier alpha value is -0.610. The second-order valence-corrected chi connectivity index (χ2v) is 7.20. The van der Waals surface area contributed by atoms with Gasteiger partial charge in [0.15, 0.2) is 5.13 Å². The minimum absolute atomic E-state index is 0.537. The molecular weight excluding hydrogens is 254 g/mol. The van der Waals surface area contributed by atoms with Crippen LogP contribution in [0.1, 0.15) is 56.1 Å². The van der Waals surface area contributed by atoms with Crippen LogP contribution in [0.4, 0.5) is 5.13 Å². The molecule has 3 rings (SSSR count). The lowest BCUT2D eigenvalue weighted by Gasteiger charge is -2.27. The summed E-state index contributed by atoms with van der Waals surface area (Å²) in [5.41, 5.74) is 1.36. The Labute approximate surface area is 120 Å². The molecular formula is C15H25N3S. The Balaban J connectivity index is 1.88. The molecule has 1 aromatic heterocycles. The standard InChI is InChI=1S/C15H25N3S/c1-10(2)13-8-5-9-18(13)15-17-12-7-4-6-11(16-3)14(12)19-15/h10-11,13,16H,4-9H2,1-3H3. The Bertz CT molecular complexity index is 441. The van der Waals surface area contributed by atoms with Gasteiger partial charge in [-0.1, -0.05) is 25.2 Å². The van der Waals surface area contributed by atoms with Crippen molar-refractivity contribution in [1.29, 1.82) is 0 Å². The fourth-order valence-electron chi connectivity index (χ4n) is 3.53. The van der Waals surface area contributed by atoms with Crippen LogP contribution in [0.5, 0.6) is 0 Å². The van der Waals surface area contributed by atoms with E-state index >= 15 is 0 Å². The van der Waals surface area contributed by atoms with Crippen LogP contribution in [0.3, 0.4) is 0 Å². The summed E-state index contributed by atoms with van der Waals surface area (Å²) >= 11 is 1.94. The molecule has 1 saturated heterocycles. The van der Waals surface area contributed by atoms with Crippen molar-refractivity contribution in [2.24, 2.45) is 5.92 Å². The molecule has 0 radical (unpaired) electrons. The minimum Gasteiger partial charge on any atom is -0.345 e. The number of aryl methyl sites for hydroxylation is 1. The summed E-state index contributed by atoms with van der Waals surface area (Å²) in [4.78, 5) is 9.04. The van der Waals surface area contributed by atoms with Crippen LogP contribution in [-0.4, -0.2) is 24.6 Å². The molecule has 2 atom stereocenters. The lowest BCUT2D eigenvalue weighted by atomic mass is 9.98. The van der Waals surface area contributed by atoms with Crippen LogP contribution in [0, 0.1) is 5.92 Å². The number of hydrogen-bond acceptors (Lipinski definition) is 4. The van der Waals surface area contributed by atoms with Gasteiger partial charge in [0.2, 0.25) is 0 Å². The van der Waals surface area contributed by atoms with Crippen molar-refractivity contribution in [2.45, 2.75) is 58.0 Å². The lowest BCUT2D eigenvalue weighted by molar-refractivity contribution is 0.489. The molecule has 0 amide bonds. The maximum Gasteiger partial charge on any atom is 0.186 e. The van der Waals surface area contributed by atoms with Gasteiger partial charge in [-0.25, -0.2) is 4.98 Å². The highest BCUT2D eigenvalue weighted by atomic mass is 32.1. The van der Waals surface area contributed by atoms with Crippen molar-refractivity contribution in [2.75, 3.05) is 18.5 Å². The maximum atomic E-state index is 4.97. The number of nitrogens with one attached hydrogen (secondary N) is 1. The van der Waals surface area contributed by atoms with Gasteiger partial charge >= 0.3 is 0 Å². The number of thiazole rings is 1. The summed E-state index contributed by atoms with van der Waals surface area (Å²) < 4.78 is 0. The molecule has 2 aliphatic rings. The van der Waals surface area contributed by atoms with Crippen LogP contribution < -0.4 is 10.2 Å². The van der Waals surface area contributed by atoms with Crippen LogP contribution in [0.2, 0.25) is 0 Å². The number of hydrogen-bond donors (Lipinski definition) is 1. The number of aromatic nitrogens is 1. The molecule has 1 aliphatic heterocycles. The van der Waals surface area contributed by atoms with Gasteiger partial charge in [-0.15, -0.1) is 0 Å². The van der Waals surface area contributed by atoms with Crippen molar-refractivity contribution in [3.63, 3.8) is 0 Å². The zero-order valence-corrected chi connectivity index (χ0v) is 13.1. The smallest absolute Gasteiger partial charge is 0.186 e. The van der Waals surface area contributed by atoms with Gasteiger partial charge in [-0.05, 0) is 45.1 Å². The third-order valence-corrected chi connectivity index (χ3v) is 5.85. The highest BCUT2D eigenvalue weighted by Gasteiger charge is 2.31. The van der Waals surface area contributed by atoms with Crippen molar-refractivity contribution in [1.82, 2.24) is 10.3 Å². The van der Waals surface area contributed by atoms with Crippen molar-refractivity contribution in [3.05, 3.63) is 10.6 Å². The molecule has 0 saturated carbocycles. The molecule has 2 heterocycles. The number of fused-ring (bicyclic) bond motifs is 1. The van der Waals surface area contributed by atoms with E-state index < -0.39 is 0 Å². The van der Waals surface area contributed by atoms with E-state index in [0.29, 0.717) is 12.1 Å². The van der Waals surface area contributed by atoms with E-state index in [4.69, 9.17) is 4.98 Å². The summed E-state index contributed by atoms with van der Waals surface area (Å²) in [5, 5.41) is 4.73. The largest absolute Gasteiger partial charge is 0.345 e. The average Bonchev–Trinajstić information content (AvgIpc) is 3.03. The quantitative estimate of drug-likeness (QED) is 0.919. The molecule has 1 aliphatic carbocycles. The van der Waals surface area contributed by atoms with E-state index in [0.717, 1.165) is 5.92 Å². The van der Waals surface area contributed by atoms with E-state index in [1.807, 2.05) is 11.3 Å². The Kier molecular flexibility index (Phi) is 3.81. The molecule has 0 aromatic carbocycles. The van der Waals surface area contributed by atoms with Gasteiger partial charge in [-0.2, -0.15) is 0 Å². The van der Waals surface area contributed by atoms with E-state index in [2.05, 4.69) is 31.1 Å². The van der Waals surface area contributed by atoms with Crippen molar-refractivity contribution < 1.29 is 0 Å². The molecule has 19 heavy (non-hydrogen) atoms. The summed E-state index contributed by atoms with van der Waals surface area (Å²) in [6, 6.07) is 1.23. The van der Waals surface area contributed by atoms with Gasteiger partial charge in [-0.3, -0.25) is 0 Å². The van der Waals surface area contributed by atoms with Crippen LogP contribution in [-0.2, 0) is 6.42 Å². The number of anilines is 1. The second-order valence-electron chi connectivity index (χ2n) is 6.19. The molecule has 3 nitrogen and oxygen atoms in total. The fourth-order valence-corrected chi connectivity index (χ4v) is 4.87. The van der Waals surface area contributed by atoms with Gasteiger partial charge < -0.3 is 10.2 Å². The number of nitrogens with zero attached hydrogens (tertiary/aromatic N) is 2. The highest BCUT2D eigenvalue weighted by molar-refractivity contribution is 7.15. The molecule has 106 valence electrons. The van der Waals surface area contributed by atoms with E-state index in [9.17, 15) is 0 Å². The Morgan fingerprint density at radius 2 is 2.16 bits per heavy atom. The average molecular weight is 279 g/mol. The molecule has 1 aromatic rings. The summed E-state index contributed by atoms with van der Waals surface area (Å²) in [7, 11) is 2.08. The minimum atomic E-state index is 0.537. The van der Waals surface area contributed by atoms with E-state index in [1.165, 1.54) is 54.4 Å². The van der Waals surface area contributed by atoms with Gasteiger partial charge in [0.25, 0.3) is 0 Å². The first-order valence-corrected chi connectivity index (χ1v) is 8.46. The molecule has 4 heteroatoms. The molecule has 1 N–H and O–H groups in total. The maximum absolute atomic E-state index is 4.97. The third-order valence-electron chi connectivity index (χ3n) is 4.60. The van der Waals surface area contributed by atoms with Gasteiger partial charge in [0, 0.05) is 23.5 Å². The Morgan fingerprint density at radius 1 is 1.32 bits per heavy atom. The zero-order chi connectivity index (χ0) is 13.4. The van der Waals surface area contributed by atoms with Crippen molar-refractivity contribution >= 4 is 16.5 Å². The second kappa shape index (κ2) is 5.41. The molecule has 1 fully saturated rings. The predicted octanol–water partition coefficient (Wildman–Crippen LogP) is 3.36. The van der Waals surface area contributed by atoms with E-state index in [1.54, 1.807) is 0 Å². The van der Waals surface area contributed by atoms with Gasteiger partial charge in [0.1, 0.15) is 0 Å². The molecule has 2 unspecified atom stereocenters. The first kappa shape index (κ1) is 13.4. The van der Waals surface area contributed by atoms with Gasteiger partial charge in [0.05, 0.1) is 5.69 Å². The van der Waals surface area contributed by atoms with Crippen molar-refractivity contribution in [3.8, 4) is 0 Å². The first-order valence-electron chi connectivity index (χ1n) is 7.64. The SMILES string of the molecule is CNC1CCCc2nc(N3CCCC3C(C)C)sc21. The normalized spacial score (nSPS) is 27.1. The first-order chi connectivity index (χ1) is 9.20. The topological polar surface area (TPSA) is 28.2 Å². The third kappa shape index (κ3) is 2.40. The molecule has 0 bridgehead atoms. The predicted molar refractivity (Wildman–Crippen MR) is 82.1 cm³/mol. The number of rotatable bonds is 3. The summed E-state index contributed by atoms with van der Waals surface area (Å²) in [6.07, 6.45) is 6.36. The zero-order valence-electron chi connectivity index (χ0n) is 12.3. The van der Waals surface area contributed by atoms with Crippen LogP contribution in [0.25, 0.3) is 0 Å². The Morgan fingerprint density at radius 3 is 2.89 bits per heavy atom. The monoisotopic (exact) mass is 279 g/mol. The van der Waals surface area contributed by atoms with Crippen LogP contribution in [0.15, 0.2) is 0 Å². The lowest BCUT2D eigenvalue weighted by Crippen LogP contribution is -2.33. The molecule has 0 spiro atoms. The van der Waals surface area contributed by atoms with E-state index in [-0.39, 0.29) is 0 Å². The summed E-state index contributed by atoms with van der Waals surface area (Å²) in [6.45, 7) is 5.87. The fraction of sp³-hybridized carbons (Fsp3) is 0.800.